The van der Waals surface area contributed by atoms with E-state index < -0.39 is 24.5 Å². The zero-order chi connectivity index (χ0) is 19.4. The number of benzene rings is 1. The summed E-state index contributed by atoms with van der Waals surface area (Å²) < 4.78 is 39.2. The van der Waals surface area contributed by atoms with Crippen molar-refractivity contribution in [1.82, 2.24) is 5.32 Å². The lowest BCUT2D eigenvalue weighted by Crippen LogP contribution is -2.32. The van der Waals surface area contributed by atoms with Gasteiger partial charge in [0.2, 0.25) is 0 Å². The van der Waals surface area contributed by atoms with Crippen LogP contribution in [0.4, 0.5) is 8.78 Å². The number of dihydropyridines is 1. The maximum absolute atomic E-state index is 12.5. The Hall–Kier alpha value is -2.90. The lowest BCUT2D eigenvalue weighted by atomic mass is 9.80. The van der Waals surface area contributed by atoms with E-state index >= 15 is 0 Å². The molecule has 26 heavy (non-hydrogen) atoms. The molecule has 0 radical (unpaired) electrons. The highest BCUT2D eigenvalue weighted by atomic mass is 19.3. The largest absolute Gasteiger partial charge is 0.466 e. The van der Waals surface area contributed by atoms with Crippen molar-refractivity contribution < 1.29 is 32.6 Å². The van der Waals surface area contributed by atoms with Crippen LogP contribution in [0, 0.1) is 0 Å². The van der Waals surface area contributed by atoms with Gasteiger partial charge in [-0.15, -0.1) is 0 Å². The first-order valence-electron chi connectivity index (χ1n) is 7.70. The Morgan fingerprint density at radius 3 is 2.04 bits per heavy atom. The third-order valence-electron chi connectivity index (χ3n) is 3.99. The van der Waals surface area contributed by atoms with Crippen LogP contribution < -0.4 is 10.1 Å². The lowest BCUT2D eigenvalue weighted by molar-refractivity contribution is -0.137. The van der Waals surface area contributed by atoms with Crippen molar-refractivity contribution in [3.05, 3.63) is 52.4 Å². The molecule has 1 aliphatic rings. The number of allylic oxidation sites excluding steroid dienone is 2. The van der Waals surface area contributed by atoms with E-state index in [9.17, 15) is 18.4 Å². The van der Waals surface area contributed by atoms with Gasteiger partial charge in [-0.2, -0.15) is 8.78 Å². The standard InChI is InChI=1S/C18H19F2NO5/c1-9-13(16(22)24-3)15(14(10(2)21-9)17(23)25-4)11-6-5-7-12(8-11)26-18(19)20/h5-8,15,18,21H,1-4H3. The number of ether oxygens (including phenoxy) is 3. The monoisotopic (exact) mass is 367 g/mol. The molecule has 2 rings (SSSR count). The molecule has 0 amide bonds. The SMILES string of the molecule is COC(=O)C1=C(C)NC(C)=C(C(=O)OC)C1c1cccc(OC(F)F)c1. The van der Waals surface area contributed by atoms with Gasteiger partial charge in [0.1, 0.15) is 5.75 Å². The van der Waals surface area contributed by atoms with E-state index in [1.807, 2.05) is 0 Å². The average molecular weight is 367 g/mol. The van der Waals surface area contributed by atoms with Crippen molar-refractivity contribution in [3.63, 3.8) is 0 Å². The maximum Gasteiger partial charge on any atom is 0.387 e. The first-order valence-corrected chi connectivity index (χ1v) is 7.70. The Balaban J connectivity index is 2.64. The van der Waals surface area contributed by atoms with E-state index in [4.69, 9.17) is 9.47 Å². The number of carbonyl (C=O) groups excluding carboxylic acids is 2. The van der Waals surface area contributed by atoms with Gasteiger partial charge in [0.05, 0.1) is 31.3 Å². The molecule has 1 N–H and O–H groups in total. The van der Waals surface area contributed by atoms with Gasteiger partial charge in [-0.1, -0.05) is 12.1 Å². The zero-order valence-corrected chi connectivity index (χ0v) is 14.8. The molecule has 1 heterocycles. The third kappa shape index (κ3) is 3.84. The summed E-state index contributed by atoms with van der Waals surface area (Å²) in [5.74, 6) is -2.22. The van der Waals surface area contributed by atoms with Gasteiger partial charge in [0.15, 0.2) is 0 Å². The first kappa shape index (κ1) is 19.4. The zero-order valence-electron chi connectivity index (χ0n) is 14.8. The quantitative estimate of drug-likeness (QED) is 0.807. The molecule has 0 saturated heterocycles. The first-order chi connectivity index (χ1) is 12.3. The number of hydrogen-bond acceptors (Lipinski definition) is 6. The summed E-state index contributed by atoms with van der Waals surface area (Å²) in [6.07, 6.45) is 0. The Kier molecular flexibility index (Phi) is 5.97. The van der Waals surface area contributed by atoms with Crippen molar-refractivity contribution in [2.24, 2.45) is 0 Å². The molecular formula is C18H19F2NO5. The van der Waals surface area contributed by atoms with Gasteiger partial charge in [-0.05, 0) is 31.5 Å². The van der Waals surface area contributed by atoms with Gasteiger partial charge in [-0.25, -0.2) is 9.59 Å². The van der Waals surface area contributed by atoms with E-state index in [1.54, 1.807) is 19.9 Å². The number of rotatable bonds is 5. The fourth-order valence-corrected chi connectivity index (χ4v) is 2.96. The molecule has 0 aromatic heterocycles. The highest BCUT2D eigenvalue weighted by Gasteiger charge is 2.37. The summed E-state index contributed by atoms with van der Waals surface area (Å²) in [7, 11) is 2.44. The fraction of sp³-hybridized carbons (Fsp3) is 0.333. The molecule has 140 valence electrons. The molecule has 8 heteroatoms. The Morgan fingerprint density at radius 1 is 1.04 bits per heavy atom. The molecule has 1 aromatic carbocycles. The smallest absolute Gasteiger partial charge is 0.387 e. The molecule has 1 aromatic rings. The number of esters is 2. The minimum Gasteiger partial charge on any atom is -0.466 e. The number of carbonyl (C=O) groups is 2. The Morgan fingerprint density at radius 2 is 1.58 bits per heavy atom. The highest BCUT2D eigenvalue weighted by molar-refractivity contribution is 5.99. The third-order valence-corrected chi connectivity index (χ3v) is 3.99. The van der Waals surface area contributed by atoms with Crippen molar-refractivity contribution >= 4 is 11.9 Å². The number of nitrogens with one attached hydrogen (secondary N) is 1. The fourth-order valence-electron chi connectivity index (χ4n) is 2.96. The normalized spacial score (nSPS) is 15.0. The maximum atomic E-state index is 12.5. The lowest BCUT2D eigenvalue weighted by Gasteiger charge is -2.30. The molecule has 0 aliphatic carbocycles. The van der Waals surface area contributed by atoms with Crippen LogP contribution in [0.1, 0.15) is 25.3 Å². The van der Waals surface area contributed by atoms with Gasteiger partial charge < -0.3 is 19.5 Å². The van der Waals surface area contributed by atoms with Gasteiger partial charge in [0, 0.05) is 11.4 Å². The number of alkyl halides is 2. The van der Waals surface area contributed by atoms with Crippen molar-refractivity contribution in [2.45, 2.75) is 26.4 Å². The van der Waals surface area contributed by atoms with Crippen molar-refractivity contribution in [2.75, 3.05) is 14.2 Å². The van der Waals surface area contributed by atoms with Crippen LogP contribution in [-0.4, -0.2) is 32.8 Å². The van der Waals surface area contributed by atoms with Crippen LogP contribution in [0.5, 0.6) is 5.75 Å². The van der Waals surface area contributed by atoms with E-state index in [1.165, 1.54) is 32.4 Å². The molecule has 0 atom stereocenters. The summed E-state index contributed by atoms with van der Waals surface area (Å²) in [5, 5.41) is 2.96. The molecule has 1 aliphatic heterocycles. The van der Waals surface area contributed by atoms with E-state index in [2.05, 4.69) is 10.1 Å². The molecule has 6 nitrogen and oxygen atoms in total. The molecule has 0 spiro atoms. The van der Waals surface area contributed by atoms with Gasteiger partial charge in [-0.3, -0.25) is 0 Å². The minimum absolute atomic E-state index is 0.0835. The van der Waals surface area contributed by atoms with E-state index in [0.29, 0.717) is 17.0 Å². The summed E-state index contributed by atoms with van der Waals surface area (Å²) in [4.78, 5) is 24.7. The topological polar surface area (TPSA) is 73.9 Å². The van der Waals surface area contributed by atoms with Crippen LogP contribution in [0.15, 0.2) is 46.8 Å². The van der Waals surface area contributed by atoms with Crippen LogP contribution in [-0.2, 0) is 19.1 Å². The van der Waals surface area contributed by atoms with E-state index in [0.717, 1.165) is 0 Å². The van der Waals surface area contributed by atoms with Gasteiger partial charge >= 0.3 is 18.6 Å². The van der Waals surface area contributed by atoms with Crippen LogP contribution in [0.3, 0.4) is 0 Å². The minimum atomic E-state index is -2.99. The molecule has 0 bridgehead atoms. The number of methoxy groups -OCH3 is 2. The Bertz CT molecular complexity index is 748. The van der Waals surface area contributed by atoms with Crippen LogP contribution in [0.25, 0.3) is 0 Å². The summed E-state index contributed by atoms with van der Waals surface area (Å²) in [6, 6.07) is 5.83. The molecule has 0 saturated carbocycles. The predicted octanol–water partition coefficient (Wildman–Crippen LogP) is 2.87. The average Bonchev–Trinajstić information content (AvgIpc) is 2.59. The summed E-state index contributed by atoms with van der Waals surface area (Å²) in [6.45, 7) is 0.333. The predicted molar refractivity (Wildman–Crippen MR) is 88.4 cm³/mol. The van der Waals surface area contributed by atoms with Crippen molar-refractivity contribution in [1.29, 1.82) is 0 Å². The second-order valence-electron chi connectivity index (χ2n) is 5.57. The van der Waals surface area contributed by atoms with Crippen molar-refractivity contribution in [3.8, 4) is 5.75 Å². The second kappa shape index (κ2) is 7.99. The number of hydrogen-bond donors (Lipinski definition) is 1. The Labute approximate surface area is 149 Å². The number of halogens is 2. The van der Waals surface area contributed by atoms with Crippen LogP contribution >= 0.6 is 0 Å². The highest BCUT2D eigenvalue weighted by Crippen LogP contribution is 2.40. The summed E-state index contributed by atoms with van der Waals surface area (Å²) in [5.41, 5.74) is 1.78. The van der Waals surface area contributed by atoms with E-state index in [-0.39, 0.29) is 16.9 Å². The summed E-state index contributed by atoms with van der Waals surface area (Å²) >= 11 is 0. The second-order valence-corrected chi connectivity index (χ2v) is 5.57. The molecule has 0 unspecified atom stereocenters. The van der Waals surface area contributed by atoms with Crippen LogP contribution in [0.2, 0.25) is 0 Å². The molecule has 0 fully saturated rings. The van der Waals surface area contributed by atoms with Gasteiger partial charge in [0.25, 0.3) is 0 Å². The molecular weight excluding hydrogens is 348 g/mol.